The van der Waals surface area contributed by atoms with Crippen LogP contribution in [0, 0.1) is 0 Å². The minimum Gasteiger partial charge on any atom is -0.333 e. The molecule has 84 valence electrons. The zero-order valence-electron chi connectivity index (χ0n) is 9.61. The van der Waals surface area contributed by atoms with Gasteiger partial charge in [-0.05, 0) is 26.9 Å². The Morgan fingerprint density at radius 2 is 2.33 bits per heavy atom. The Morgan fingerprint density at radius 3 is 3.00 bits per heavy atom. The van der Waals surface area contributed by atoms with Crippen molar-refractivity contribution in [2.24, 2.45) is 0 Å². The monoisotopic (exact) mass is 208 g/mol. The molecule has 4 heteroatoms. The number of hydrogen-bond acceptors (Lipinski definition) is 3. The van der Waals surface area contributed by atoms with Crippen molar-refractivity contribution >= 4 is 0 Å². The van der Waals surface area contributed by atoms with E-state index in [-0.39, 0.29) is 0 Å². The van der Waals surface area contributed by atoms with Gasteiger partial charge in [0, 0.05) is 31.5 Å². The summed E-state index contributed by atoms with van der Waals surface area (Å²) in [5.74, 6) is 1.16. The van der Waals surface area contributed by atoms with E-state index in [0.717, 1.165) is 31.5 Å². The van der Waals surface area contributed by atoms with Crippen molar-refractivity contribution in [3.8, 4) is 0 Å². The molecule has 0 aliphatic heterocycles. The number of aromatic nitrogens is 2. The van der Waals surface area contributed by atoms with Crippen molar-refractivity contribution in [1.29, 1.82) is 0 Å². The molecule has 4 nitrogen and oxygen atoms in total. The van der Waals surface area contributed by atoms with Gasteiger partial charge in [-0.1, -0.05) is 0 Å². The Balaban J connectivity index is 1.83. The van der Waals surface area contributed by atoms with Crippen LogP contribution >= 0.6 is 0 Å². The number of nitrogens with one attached hydrogen (secondary N) is 1. The molecule has 1 heterocycles. The van der Waals surface area contributed by atoms with Crippen LogP contribution in [0.15, 0.2) is 12.4 Å². The highest BCUT2D eigenvalue weighted by atomic mass is 15.1. The molecule has 1 aliphatic carbocycles. The summed E-state index contributed by atoms with van der Waals surface area (Å²) in [6.07, 6.45) is 6.61. The van der Waals surface area contributed by atoms with Crippen LogP contribution in [0.3, 0.4) is 0 Å². The van der Waals surface area contributed by atoms with E-state index in [1.54, 1.807) is 0 Å². The fraction of sp³-hybridized carbons (Fsp3) is 0.727. The molecule has 0 aromatic carbocycles. The first-order chi connectivity index (χ1) is 7.25. The molecule has 0 bridgehead atoms. The van der Waals surface area contributed by atoms with E-state index in [1.165, 1.54) is 12.8 Å². The highest BCUT2D eigenvalue weighted by molar-refractivity contribution is 4.94. The van der Waals surface area contributed by atoms with Gasteiger partial charge in [-0.3, -0.25) is 0 Å². The summed E-state index contributed by atoms with van der Waals surface area (Å²) in [5, 5.41) is 3.49. The molecule has 0 saturated heterocycles. The number of imidazole rings is 1. The topological polar surface area (TPSA) is 33.1 Å². The Hall–Kier alpha value is -0.870. The molecule has 15 heavy (non-hydrogen) atoms. The fourth-order valence-electron chi connectivity index (χ4n) is 1.54. The third-order valence-corrected chi connectivity index (χ3v) is 2.72. The highest BCUT2D eigenvalue weighted by Gasteiger charge is 2.20. The minimum absolute atomic E-state index is 0.754. The number of likely N-dealkylation sites (N-methyl/N-ethyl adjacent to an activating group) is 1. The zero-order chi connectivity index (χ0) is 10.7. The molecule has 1 fully saturated rings. The first-order valence-corrected chi connectivity index (χ1v) is 5.64. The molecule has 0 atom stereocenters. The summed E-state index contributed by atoms with van der Waals surface area (Å²) in [5.41, 5.74) is 0. The molecular formula is C11H20N4. The van der Waals surface area contributed by atoms with Crippen LogP contribution in [-0.2, 0) is 13.1 Å². The smallest absolute Gasteiger partial charge is 0.122 e. The summed E-state index contributed by atoms with van der Waals surface area (Å²) >= 11 is 0. The van der Waals surface area contributed by atoms with E-state index in [9.17, 15) is 0 Å². The Bertz CT molecular complexity index is 281. The van der Waals surface area contributed by atoms with Crippen LogP contribution in [0.1, 0.15) is 18.7 Å². The van der Waals surface area contributed by atoms with Crippen molar-refractivity contribution in [2.75, 3.05) is 20.6 Å². The molecule has 0 unspecified atom stereocenters. The lowest BCUT2D eigenvalue weighted by Gasteiger charge is -2.12. The molecular weight excluding hydrogens is 188 g/mol. The number of hydrogen-bond donors (Lipinski definition) is 1. The summed E-state index contributed by atoms with van der Waals surface area (Å²) in [6, 6.07) is 0.754. The largest absolute Gasteiger partial charge is 0.333 e. The second-order valence-corrected chi connectivity index (χ2v) is 4.50. The average molecular weight is 208 g/mol. The Kier molecular flexibility index (Phi) is 3.38. The lowest BCUT2D eigenvalue weighted by atomic mass is 10.5. The normalized spacial score (nSPS) is 16.2. The van der Waals surface area contributed by atoms with Crippen LogP contribution < -0.4 is 5.32 Å². The molecule has 1 saturated carbocycles. The maximum Gasteiger partial charge on any atom is 0.122 e. The molecule has 0 spiro atoms. The van der Waals surface area contributed by atoms with E-state index in [2.05, 4.69) is 40.1 Å². The van der Waals surface area contributed by atoms with Crippen molar-refractivity contribution in [3.05, 3.63) is 18.2 Å². The van der Waals surface area contributed by atoms with Crippen LogP contribution in [0.4, 0.5) is 0 Å². The van der Waals surface area contributed by atoms with E-state index >= 15 is 0 Å². The first kappa shape index (κ1) is 10.6. The summed E-state index contributed by atoms with van der Waals surface area (Å²) in [7, 11) is 4.19. The third-order valence-electron chi connectivity index (χ3n) is 2.72. The van der Waals surface area contributed by atoms with E-state index in [1.807, 2.05) is 6.20 Å². The zero-order valence-corrected chi connectivity index (χ0v) is 9.61. The van der Waals surface area contributed by atoms with Crippen molar-refractivity contribution in [2.45, 2.75) is 32.0 Å². The molecule has 2 rings (SSSR count). The van der Waals surface area contributed by atoms with E-state index in [0.29, 0.717) is 0 Å². The van der Waals surface area contributed by atoms with E-state index in [4.69, 9.17) is 0 Å². The van der Waals surface area contributed by atoms with Gasteiger partial charge < -0.3 is 14.8 Å². The van der Waals surface area contributed by atoms with Crippen LogP contribution in [0.2, 0.25) is 0 Å². The summed E-state index contributed by atoms with van der Waals surface area (Å²) in [4.78, 5) is 6.57. The maximum atomic E-state index is 4.38. The SMILES string of the molecule is CN(C)CCn1ccnc1CNC1CC1. The Morgan fingerprint density at radius 1 is 1.53 bits per heavy atom. The van der Waals surface area contributed by atoms with Gasteiger partial charge in [0.1, 0.15) is 5.82 Å². The van der Waals surface area contributed by atoms with Gasteiger partial charge in [0.05, 0.1) is 6.54 Å². The fourth-order valence-corrected chi connectivity index (χ4v) is 1.54. The molecule has 1 aromatic rings. The summed E-state index contributed by atoms with van der Waals surface area (Å²) in [6.45, 7) is 2.99. The van der Waals surface area contributed by atoms with Gasteiger partial charge in [-0.15, -0.1) is 0 Å². The van der Waals surface area contributed by atoms with Crippen molar-refractivity contribution < 1.29 is 0 Å². The van der Waals surface area contributed by atoms with E-state index < -0.39 is 0 Å². The highest BCUT2D eigenvalue weighted by Crippen LogP contribution is 2.18. The van der Waals surface area contributed by atoms with Gasteiger partial charge in [-0.2, -0.15) is 0 Å². The molecule has 1 aliphatic rings. The first-order valence-electron chi connectivity index (χ1n) is 5.64. The van der Waals surface area contributed by atoms with Gasteiger partial charge in [0.15, 0.2) is 0 Å². The van der Waals surface area contributed by atoms with Crippen LogP contribution in [0.25, 0.3) is 0 Å². The number of rotatable bonds is 6. The minimum atomic E-state index is 0.754. The third kappa shape index (κ3) is 3.32. The quantitative estimate of drug-likeness (QED) is 0.747. The molecule has 0 radical (unpaired) electrons. The lowest BCUT2D eigenvalue weighted by Crippen LogP contribution is -2.22. The molecule has 0 amide bonds. The van der Waals surface area contributed by atoms with Gasteiger partial charge in [-0.25, -0.2) is 4.98 Å². The summed E-state index contributed by atoms with van der Waals surface area (Å²) < 4.78 is 2.23. The predicted molar refractivity (Wildman–Crippen MR) is 60.6 cm³/mol. The lowest BCUT2D eigenvalue weighted by molar-refractivity contribution is 0.379. The molecule has 1 N–H and O–H groups in total. The average Bonchev–Trinajstić information content (AvgIpc) is 2.92. The predicted octanol–water partition coefficient (Wildman–Crippen LogP) is 0.697. The second-order valence-electron chi connectivity index (χ2n) is 4.50. The molecule has 1 aromatic heterocycles. The second kappa shape index (κ2) is 4.77. The van der Waals surface area contributed by atoms with Crippen molar-refractivity contribution in [1.82, 2.24) is 19.8 Å². The maximum absolute atomic E-state index is 4.38. The Labute approximate surface area is 91.3 Å². The van der Waals surface area contributed by atoms with Crippen molar-refractivity contribution in [3.63, 3.8) is 0 Å². The standard InChI is InChI=1S/C11H20N4/c1-14(2)7-8-15-6-5-12-11(15)9-13-10-3-4-10/h5-6,10,13H,3-4,7-9H2,1-2H3. The van der Waals surface area contributed by atoms with Crippen LogP contribution in [-0.4, -0.2) is 41.1 Å². The van der Waals surface area contributed by atoms with Gasteiger partial charge in [0.2, 0.25) is 0 Å². The van der Waals surface area contributed by atoms with Gasteiger partial charge in [0.25, 0.3) is 0 Å². The number of nitrogens with zero attached hydrogens (tertiary/aromatic N) is 3. The van der Waals surface area contributed by atoms with Crippen LogP contribution in [0.5, 0.6) is 0 Å². The van der Waals surface area contributed by atoms with Gasteiger partial charge >= 0.3 is 0 Å².